The molecular weight excluding hydrogens is 647 g/mol. The Morgan fingerprint density at radius 3 is 1.30 bits per heavy atom. The molecule has 0 atom stereocenters. The predicted molar refractivity (Wildman–Crippen MR) is 211 cm³/mol. The maximum atomic E-state index is 6.56. The summed E-state index contributed by atoms with van der Waals surface area (Å²) >= 11 is 0. The molecule has 2 heterocycles. The first-order valence-corrected chi connectivity index (χ1v) is 18.3. The number of anilines is 2. The van der Waals surface area contributed by atoms with Gasteiger partial charge in [0.2, 0.25) is 0 Å². The van der Waals surface area contributed by atoms with Crippen LogP contribution in [0, 0.1) is 0 Å². The monoisotopic (exact) mass is 677 g/mol. The van der Waals surface area contributed by atoms with Gasteiger partial charge >= 0.3 is 0 Å². The molecule has 0 saturated carbocycles. The number of rotatable bonds is 2. The SMILES string of the molecule is c1ccc2c(c1)Oc1ccccc1C21c2ccccc2-c2cc(Nc3cccc4c3-c3ccccc3C43c4ccccc4Oc4ccccc43)ccc21. The number of fused-ring (bicyclic) bond motifs is 18. The number of para-hydroxylation sites is 4. The summed E-state index contributed by atoms with van der Waals surface area (Å²) < 4.78 is 13.1. The van der Waals surface area contributed by atoms with E-state index in [0.717, 1.165) is 34.4 Å². The van der Waals surface area contributed by atoms with Gasteiger partial charge in [0, 0.05) is 39.2 Å². The molecule has 0 radical (unpaired) electrons. The highest BCUT2D eigenvalue weighted by Crippen LogP contribution is 2.64. The largest absolute Gasteiger partial charge is 0.457 e. The molecule has 8 aromatic rings. The molecule has 248 valence electrons. The van der Waals surface area contributed by atoms with Gasteiger partial charge in [-0.1, -0.05) is 140 Å². The summed E-state index contributed by atoms with van der Waals surface area (Å²) in [7, 11) is 0. The van der Waals surface area contributed by atoms with Crippen molar-refractivity contribution in [1.82, 2.24) is 0 Å². The van der Waals surface area contributed by atoms with Crippen molar-refractivity contribution < 1.29 is 9.47 Å². The minimum absolute atomic E-state index is 0.487. The van der Waals surface area contributed by atoms with E-state index in [1.54, 1.807) is 0 Å². The Kier molecular flexibility index (Phi) is 5.64. The molecule has 0 fully saturated rings. The molecule has 1 N–H and O–H groups in total. The van der Waals surface area contributed by atoms with Gasteiger partial charge in [-0.25, -0.2) is 0 Å². The summed E-state index contributed by atoms with van der Waals surface area (Å²) in [5.74, 6) is 3.60. The van der Waals surface area contributed by atoms with Gasteiger partial charge in [-0.2, -0.15) is 0 Å². The molecule has 0 amide bonds. The van der Waals surface area contributed by atoms with Gasteiger partial charge in [-0.3, -0.25) is 0 Å². The van der Waals surface area contributed by atoms with Crippen molar-refractivity contribution in [2.24, 2.45) is 0 Å². The summed E-state index contributed by atoms with van der Waals surface area (Å²) in [6.07, 6.45) is 0. The van der Waals surface area contributed by atoms with E-state index in [4.69, 9.17) is 9.47 Å². The van der Waals surface area contributed by atoms with E-state index in [2.05, 4.69) is 187 Å². The highest BCUT2D eigenvalue weighted by atomic mass is 16.5. The summed E-state index contributed by atoms with van der Waals surface area (Å²) in [6.45, 7) is 0. The molecule has 3 heteroatoms. The third kappa shape index (κ3) is 3.54. The van der Waals surface area contributed by atoms with Crippen molar-refractivity contribution in [3.05, 3.63) is 226 Å². The van der Waals surface area contributed by atoms with Crippen LogP contribution >= 0.6 is 0 Å². The van der Waals surface area contributed by atoms with Gasteiger partial charge in [0.15, 0.2) is 0 Å². The van der Waals surface area contributed by atoms with E-state index in [-0.39, 0.29) is 0 Å². The molecule has 2 aliphatic heterocycles. The van der Waals surface area contributed by atoms with Crippen LogP contribution < -0.4 is 14.8 Å². The van der Waals surface area contributed by atoms with Crippen LogP contribution in [0.2, 0.25) is 0 Å². The molecule has 8 aromatic carbocycles. The Morgan fingerprint density at radius 2 is 0.736 bits per heavy atom. The zero-order chi connectivity index (χ0) is 34.7. The van der Waals surface area contributed by atoms with E-state index in [1.807, 2.05) is 0 Å². The Morgan fingerprint density at radius 1 is 0.321 bits per heavy atom. The predicted octanol–water partition coefficient (Wildman–Crippen LogP) is 12.4. The summed E-state index contributed by atoms with van der Waals surface area (Å²) in [5.41, 5.74) is 15.8. The normalized spacial score (nSPS) is 15.0. The Bertz CT molecular complexity index is 2760. The lowest BCUT2D eigenvalue weighted by atomic mass is 9.66. The third-order valence-corrected chi connectivity index (χ3v) is 12.0. The van der Waals surface area contributed by atoms with Gasteiger partial charge in [0.1, 0.15) is 23.0 Å². The molecule has 2 aliphatic carbocycles. The quantitative estimate of drug-likeness (QED) is 0.198. The highest BCUT2D eigenvalue weighted by Gasteiger charge is 2.53. The van der Waals surface area contributed by atoms with Crippen molar-refractivity contribution in [3.63, 3.8) is 0 Å². The first-order chi connectivity index (χ1) is 26.3. The van der Waals surface area contributed by atoms with Crippen molar-refractivity contribution >= 4 is 11.4 Å². The fourth-order valence-electron chi connectivity index (χ4n) is 10.1. The van der Waals surface area contributed by atoms with Crippen LogP contribution in [0.25, 0.3) is 22.3 Å². The standard InChI is InChI=1S/C50H31NO2/c1-3-16-35-32(14-1)34-30-31(28-29-37(34)49(35)38-18-5-9-24-44(38)52-45-25-10-6-19-39(45)49)51-43-23-13-22-42-48(43)33-15-2-4-17-36(33)50(42)40-20-7-11-26-46(40)53-47-27-12-8-21-41(47)50/h1-30,51H. The van der Waals surface area contributed by atoms with E-state index in [0.29, 0.717) is 0 Å². The fourth-order valence-corrected chi connectivity index (χ4v) is 10.1. The van der Waals surface area contributed by atoms with E-state index >= 15 is 0 Å². The van der Waals surface area contributed by atoms with Gasteiger partial charge < -0.3 is 14.8 Å². The molecule has 4 aliphatic rings. The number of hydrogen-bond donors (Lipinski definition) is 1. The van der Waals surface area contributed by atoms with Crippen LogP contribution in [-0.4, -0.2) is 0 Å². The van der Waals surface area contributed by atoms with Crippen molar-refractivity contribution in [2.45, 2.75) is 10.8 Å². The second-order valence-corrected chi connectivity index (χ2v) is 14.4. The Balaban J connectivity index is 1.07. The Hall–Kier alpha value is -6.84. The topological polar surface area (TPSA) is 30.5 Å². The fraction of sp³-hybridized carbons (Fsp3) is 0.0400. The highest BCUT2D eigenvalue weighted by molar-refractivity contribution is 5.97. The molecule has 0 saturated heterocycles. The van der Waals surface area contributed by atoms with Crippen LogP contribution in [0.15, 0.2) is 182 Å². The third-order valence-electron chi connectivity index (χ3n) is 12.0. The molecule has 0 unspecified atom stereocenters. The van der Waals surface area contributed by atoms with Crippen LogP contribution in [0.1, 0.15) is 44.5 Å². The molecule has 0 bridgehead atoms. The second-order valence-electron chi connectivity index (χ2n) is 14.4. The zero-order valence-corrected chi connectivity index (χ0v) is 28.6. The molecule has 53 heavy (non-hydrogen) atoms. The first kappa shape index (κ1) is 28.8. The van der Waals surface area contributed by atoms with Crippen LogP contribution in [0.5, 0.6) is 23.0 Å². The van der Waals surface area contributed by atoms with Crippen LogP contribution in [0.4, 0.5) is 11.4 Å². The number of benzene rings is 8. The van der Waals surface area contributed by atoms with Crippen molar-refractivity contribution in [2.75, 3.05) is 5.32 Å². The molecule has 12 rings (SSSR count). The minimum atomic E-state index is -0.512. The summed E-state index contributed by atoms with van der Waals surface area (Å²) in [5, 5.41) is 3.95. The zero-order valence-electron chi connectivity index (χ0n) is 28.6. The lowest BCUT2D eigenvalue weighted by Crippen LogP contribution is -2.32. The molecule has 3 nitrogen and oxygen atoms in total. The smallest absolute Gasteiger partial charge is 0.132 e. The van der Waals surface area contributed by atoms with Gasteiger partial charge in [0.25, 0.3) is 0 Å². The van der Waals surface area contributed by atoms with E-state index in [1.165, 1.54) is 66.8 Å². The van der Waals surface area contributed by atoms with Gasteiger partial charge in [0.05, 0.1) is 10.8 Å². The summed E-state index contributed by atoms with van der Waals surface area (Å²) in [4.78, 5) is 0. The summed E-state index contributed by atoms with van der Waals surface area (Å²) in [6, 6.07) is 65.5. The lowest BCUT2D eigenvalue weighted by Gasteiger charge is -2.39. The van der Waals surface area contributed by atoms with E-state index < -0.39 is 10.8 Å². The molecule has 2 spiro atoms. The number of ether oxygens (including phenoxy) is 2. The number of nitrogens with one attached hydrogen (secondary N) is 1. The first-order valence-electron chi connectivity index (χ1n) is 18.3. The molecule has 0 aromatic heterocycles. The van der Waals surface area contributed by atoms with Crippen LogP contribution in [-0.2, 0) is 10.8 Å². The average molecular weight is 678 g/mol. The second kappa shape index (κ2) is 10.4. The maximum Gasteiger partial charge on any atom is 0.132 e. The Labute approximate surface area is 307 Å². The van der Waals surface area contributed by atoms with Crippen molar-refractivity contribution in [1.29, 1.82) is 0 Å². The van der Waals surface area contributed by atoms with Crippen LogP contribution in [0.3, 0.4) is 0 Å². The molecular formula is C50H31NO2. The van der Waals surface area contributed by atoms with E-state index in [9.17, 15) is 0 Å². The minimum Gasteiger partial charge on any atom is -0.457 e. The lowest BCUT2D eigenvalue weighted by molar-refractivity contribution is 0.436. The van der Waals surface area contributed by atoms with Crippen molar-refractivity contribution in [3.8, 4) is 45.3 Å². The van der Waals surface area contributed by atoms with Gasteiger partial charge in [-0.15, -0.1) is 0 Å². The number of hydrogen-bond acceptors (Lipinski definition) is 3. The van der Waals surface area contributed by atoms with Gasteiger partial charge in [-0.05, 0) is 81.4 Å². The maximum absolute atomic E-state index is 6.56. The average Bonchev–Trinajstić information content (AvgIpc) is 3.67.